The second kappa shape index (κ2) is 6.40. The summed E-state index contributed by atoms with van der Waals surface area (Å²) in [7, 11) is 1.73. The van der Waals surface area contributed by atoms with Crippen molar-refractivity contribution in [2.45, 2.75) is 26.9 Å². The molecular weight excluding hydrogens is 230 g/mol. The number of amides is 1. The third-order valence-corrected chi connectivity index (χ3v) is 2.68. The molecule has 0 bridgehead atoms. The molecule has 100 valence electrons. The molecule has 0 aliphatic carbocycles. The van der Waals surface area contributed by atoms with E-state index in [1.54, 1.807) is 31.0 Å². The van der Waals surface area contributed by atoms with Gasteiger partial charge in [-0.1, -0.05) is 6.07 Å². The number of phenolic OH excluding ortho intramolecular Hbond substituents is 1. The van der Waals surface area contributed by atoms with E-state index in [4.69, 9.17) is 4.74 Å². The zero-order valence-corrected chi connectivity index (χ0v) is 11.4. The smallest absolute Gasteiger partial charge is 0.253 e. The highest BCUT2D eigenvalue weighted by atomic mass is 16.5. The number of aryl methyl sites for hydroxylation is 1. The van der Waals surface area contributed by atoms with Crippen molar-refractivity contribution in [3.8, 4) is 5.75 Å². The van der Waals surface area contributed by atoms with Crippen molar-refractivity contribution in [1.82, 2.24) is 4.90 Å². The summed E-state index contributed by atoms with van der Waals surface area (Å²) in [5.74, 6) is 0.0327. The van der Waals surface area contributed by atoms with E-state index in [1.165, 1.54) is 6.07 Å². The first-order chi connectivity index (χ1) is 8.41. The second-order valence-corrected chi connectivity index (χ2v) is 4.65. The lowest BCUT2D eigenvalue weighted by atomic mass is 10.1. The maximum absolute atomic E-state index is 12.0. The summed E-state index contributed by atoms with van der Waals surface area (Å²) in [6.45, 7) is 6.76. The van der Waals surface area contributed by atoms with Gasteiger partial charge in [0.05, 0.1) is 12.7 Å². The first-order valence-corrected chi connectivity index (χ1v) is 6.08. The molecule has 0 atom stereocenters. The van der Waals surface area contributed by atoms with Crippen molar-refractivity contribution in [3.05, 3.63) is 29.3 Å². The van der Waals surface area contributed by atoms with Crippen LogP contribution >= 0.6 is 0 Å². The molecule has 0 aliphatic heterocycles. The fraction of sp³-hybridized carbons (Fsp3) is 0.500. The predicted molar refractivity (Wildman–Crippen MR) is 70.9 cm³/mol. The van der Waals surface area contributed by atoms with Crippen molar-refractivity contribution in [3.63, 3.8) is 0 Å². The van der Waals surface area contributed by atoms with Crippen LogP contribution in [-0.4, -0.2) is 42.2 Å². The molecule has 0 fully saturated rings. The molecule has 0 unspecified atom stereocenters. The van der Waals surface area contributed by atoms with Gasteiger partial charge in [0.25, 0.3) is 5.91 Å². The number of rotatable bonds is 5. The van der Waals surface area contributed by atoms with Crippen LogP contribution in [-0.2, 0) is 4.74 Å². The number of aromatic hydroxyl groups is 1. The molecular formula is C14H21NO3. The summed E-state index contributed by atoms with van der Waals surface area (Å²) in [5, 5.41) is 9.58. The molecule has 1 aromatic rings. The van der Waals surface area contributed by atoms with E-state index in [1.807, 2.05) is 13.8 Å². The van der Waals surface area contributed by atoms with E-state index in [9.17, 15) is 9.90 Å². The maximum Gasteiger partial charge on any atom is 0.253 e. The van der Waals surface area contributed by atoms with E-state index in [0.717, 1.165) is 5.56 Å². The fourth-order valence-corrected chi connectivity index (χ4v) is 1.49. The van der Waals surface area contributed by atoms with Crippen LogP contribution in [0.25, 0.3) is 0 Å². The Hall–Kier alpha value is -1.55. The Labute approximate surface area is 108 Å². The van der Waals surface area contributed by atoms with Crippen LogP contribution in [0.2, 0.25) is 0 Å². The number of carbonyl (C=O) groups is 1. The van der Waals surface area contributed by atoms with Crippen LogP contribution in [0.15, 0.2) is 18.2 Å². The summed E-state index contributed by atoms with van der Waals surface area (Å²) in [6.07, 6.45) is 0.164. The van der Waals surface area contributed by atoms with Crippen LogP contribution in [0, 0.1) is 6.92 Å². The van der Waals surface area contributed by atoms with Crippen LogP contribution in [0.4, 0.5) is 0 Å². The molecule has 4 nitrogen and oxygen atoms in total. The van der Waals surface area contributed by atoms with E-state index in [0.29, 0.717) is 18.7 Å². The number of benzene rings is 1. The Morgan fingerprint density at radius 2 is 2.11 bits per heavy atom. The van der Waals surface area contributed by atoms with Gasteiger partial charge in [0.15, 0.2) is 0 Å². The highest BCUT2D eigenvalue weighted by molar-refractivity contribution is 5.94. The van der Waals surface area contributed by atoms with Crippen molar-refractivity contribution in [2.75, 3.05) is 20.2 Å². The number of hydrogen-bond acceptors (Lipinski definition) is 3. The monoisotopic (exact) mass is 251 g/mol. The molecule has 1 N–H and O–H groups in total. The molecule has 1 rings (SSSR count). The van der Waals surface area contributed by atoms with Crippen molar-refractivity contribution >= 4 is 5.91 Å². The quantitative estimate of drug-likeness (QED) is 0.872. The molecule has 0 radical (unpaired) electrons. The largest absolute Gasteiger partial charge is 0.508 e. The number of nitrogens with zero attached hydrogens (tertiary/aromatic N) is 1. The molecule has 1 aromatic carbocycles. The summed E-state index contributed by atoms with van der Waals surface area (Å²) in [6, 6.07) is 4.95. The van der Waals surface area contributed by atoms with E-state index < -0.39 is 0 Å². The average molecular weight is 251 g/mol. The second-order valence-electron chi connectivity index (χ2n) is 4.65. The molecule has 0 spiro atoms. The standard InChI is InChI=1S/C14H21NO3/c1-10(2)18-8-7-15(4)14(17)12-6-5-11(3)13(16)9-12/h5-6,9-10,16H,7-8H2,1-4H3. The Morgan fingerprint density at radius 1 is 1.44 bits per heavy atom. The molecule has 0 aliphatic rings. The third kappa shape index (κ3) is 4.04. The van der Waals surface area contributed by atoms with Crippen molar-refractivity contribution < 1.29 is 14.6 Å². The first-order valence-electron chi connectivity index (χ1n) is 6.08. The minimum Gasteiger partial charge on any atom is -0.508 e. The van der Waals surface area contributed by atoms with Gasteiger partial charge in [-0.05, 0) is 38.5 Å². The third-order valence-electron chi connectivity index (χ3n) is 2.68. The topological polar surface area (TPSA) is 49.8 Å². The maximum atomic E-state index is 12.0. The van der Waals surface area contributed by atoms with E-state index in [-0.39, 0.29) is 17.8 Å². The Bertz CT molecular complexity index is 416. The molecule has 0 aromatic heterocycles. The van der Waals surface area contributed by atoms with Gasteiger partial charge in [0, 0.05) is 19.2 Å². The van der Waals surface area contributed by atoms with E-state index in [2.05, 4.69) is 0 Å². The minimum atomic E-state index is -0.113. The lowest BCUT2D eigenvalue weighted by molar-refractivity contribution is 0.0532. The van der Waals surface area contributed by atoms with Gasteiger partial charge >= 0.3 is 0 Å². The van der Waals surface area contributed by atoms with Gasteiger partial charge in [-0.25, -0.2) is 0 Å². The van der Waals surface area contributed by atoms with Gasteiger partial charge in [-0.15, -0.1) is 0 Å². The normalized spacial score (nSPS) is 10.7. The van der Waals surface area contributed by atoms with Crippen molar-refractivity contribution in [2.24, 2.45) is 0 Å². The molecule has 1 amide bonds. The Morgan fingerprint density at radius 3 is 2.67 bits per heavy atom. The number of hydrogen-bond donors (Lipinski definition) is 1. The Balaban J connectivity index is 2.60. The first kappa shape index (κ1) is 14.5. The zero-order valence-electron chi connectivity index (χ0n) is 11.4. The average Bonchev–Trinajstić information content (AvgIpc) is 2.31. The molecule has 18 heavy (non-hydrogen) atoms. The summed E-state index contributed by atoms with van der Waals surface area (Å²) < 4.78 is 5.40. The predicted octanol–water partition coefficient (Wildman–Crippen LogP) is 2.20. The van der Waals surface area contributed by atoms with Crippen LogP contribution in [0.1, 0.15) is 29.8 Å². The lowest BCUT2D eigenvalue weighted by Crippen LogP contribution is -2.30. The highest BCUT2D eigenvalue weighted by Gasteiger charge is 2.12. The van der Waals surface area contributed by atoms with Gasteiger partial charge in [0.1, 0.15) is 5.75 Å². The number of ether oxygens (including phenoxy) is 1. The van der Waals surface area contributed by atoms with Crippen molar-refractivity contribution in [1.29, 1.82) is 0 Å². The Kier molecular flexibility index (Phi) is 5.16. The van der Waals surface area contributed by atoms with Gasteiger partial charge in [-0.2, -0.15) is 0 Å². The van der Waals surface area contributed by atoms with Crippen LogP contribution < -0.4 is 0 Å². The SMILES string of the molecule is Cc1ccc(C(=O)N(C)CCOC(C)C)cc1O. The molecule has 0 heterocycles. The fourth-order valence-electron chi connectivity index (χ4n) is 1.49. The van der Waals surface area contributed by atoms with E-state index >= 15 is 0 Å². The summed E-state index contributed by atoms with van der Waals surface area (Å²) in [5.41, 5.74) is 1.25. The van der Waals surface area contributed by atoms with Crippen LogP contribution in [0.3, 0.4) is 0 Å². The van der Waals surface area contributed by atoms with Gasteiger partial charge < -0.3 is 14.7 Å². The van der Waals surface area contributed by atoms with Gasteiger partial charge in [-0.3, -0.25) is 4.79 Å². The highest BCUT2D eigenvalue weighted by Crippen LogP contribution is 2.18. The zero-order chi connectivity index (χ0) is 13.7. The number of carbonyl (C=O) groups excluding carboxylic acids is 1. The molecule has 0 saturated heterocycles. The lowest BCUT2D eigenvalue weighted by Gasteiger charge is -2.18. The number of phenols is 1. The molecule has 0 saturated carbocycles. The summed E-state index contributed by atoms with van der Waals surface area (Å²) >= 11 is 0. The molecule has 4 heteroatoms. The summed E-state index contributed by atoms with van der Waals surface area (Å²) in [4.78, 5) is 13.6. The number of likely N-dealkylation sites (N-methyl/N-ethyl adjacent to an activating group) is 1. The van der Waals surface area contributed by atoms with Gasteiger partial charge in [0.2, 0.25) is 0 Å². The van der Waals surface area contributed by atoms with Crippen LogP contribution in [0.5, 0.6) is 5.75 Å². The minimum absolute atomic E-state index is 0.113.